The minimum atomic E-state index is -0.286. The molecule has 0 N–H and O–H groups in total. The molecule has 8 nitrogen and oxygen atoms in total. The number of hydrogen-bond donors (Lipinski definition) is 0. The average molecular weight is 418 g/mol. The monoisotopic (exact) mass is 417 g/mol. The van der Waals surface area contributed by atoms with Crippen molar-refractivity contribution in [1.29, 1.82) is 0 Å². The summed E-state index contributed by atoms with van der Waals surface area (Å²) in [5.41, 5.74) is 0.768. The van der Waals surface area contributed by atoms with Crippen LogP contribution < -0.4 is 0 Å². The third kappa shape index (κ3) is 4.05. The molecule has 2 aliphatic rings. The Hall–Kier alpha value is -2.29. The van der Waals surface area contributed by atoms with Gasteiger partial charge in [-0.25, -0.2) is 4.98 Å². The van der Waals surface area contributed by atoms with Crippen LogP contribution in [0.25, 0.3) is 0 Å². The summed E-state index contributed by atoms with van der Waals surface area (Å²) in [5.74, 6) is 1.23. The van der Waals surface area contributed by atoms with E-state index in [1.165, 1.54) is 11.3 Å². The summed E-state index contributed by atoms with van der Waals surface area (Å²) < 4.78 is 5.44. The van der Waals surface area contributed by atoms with Crippen molar-refractivity contribution in [2.75, 3.05) is 19.6 Å². The van der Waals surface area contributed by atoms with Crippen LogP contribution in [-0.2, 0) is 4.79 Å². The highest BCUT2D eigenvalue weighted by molar-refractivity contribution is 7.13. The smallest absolute Gasteiger partial charge is 0.265 e. The summed E-state index contributed by atoms with van der Waals surface area (Å²) in [6, 6.07) is -0.286. The van der Waals surface area contributed by atoms with Gasteiger partial charge in [-0.05, 0) is 40.0 Å². The lowest BCUT2D eigenvalue weighted by atomic mass is 10.0. The molecule has 3 heterocycles. The Bertz CT molecular complexity index is 902. The molecule has 1 atom stereocenters. The van der Waals surface area contributed by atoms with E-state index in [0.717, 1.165) is 36.4 Å². The second-order valence-electron chi connectivity index (χ2n) is 7.94. The maximum atomic E-state index is 13.3. The van der Waals surface area contributed by atoms with E-state index in [1.54, 1.807) is 6.92 Å². The number of rotatable bonds is 3. The van der Waals surface area contributed by atoms with Crippen LogP contribution in [0.2, 0.25) is 0 Å². The molecule has 1 aliphatic carbocycles. The van der Waals surface area contributed by atoms with Gasteiger partial charge in [-0.3, -0.25) is 9.59 Å². The molecule has 0 bridgehead atoms. The first-order valence-electron chi connectivity index (χ1n) is 10.3. The van der Waals surface area contributed by atoms with E-state index in [9.17, 15) is 9.59 Å². The molecule has 156 valence electrons. The lowest BCUT2D eigenvalue weighted by Crippen LogP contribution is -2.41. The highest BCUT2D eigenvalue weighted by Gasteiger charge is 2.37. The fraction of sp³-hybridized carbons (Fsp3) is 0.650. The fourth-order valence-electron chi connectivity index (χ4n) is 4.38. The second-order valence-corrected chi connectivity index (χ2v) is 9.14. The lowest BCUT2D eigenvalue weighted by Gasteiger charge is -2.29. The summed E-state index contributed by atoms with van der Waals surface area (Å²) in [5, 5.41) is 4.81. The molecule has 9 heteroatoms. The molecule has 2 fully saturated rings. The predicted octanol–water partition coefficient (Wildman–Crippen LogP) is 3.06. The molecule has 1 aliphatic heterocycles. The Labute approximate surface area is 174 Å². The van der Waals surface area contributed by atoms with E-state index >= 15 is 0 Å². The first kappa shape index (κ1) is 20.0. The minimum Gasteiger partial charge on any atom is -0.337 e. The molecule has 29 heavy (non-hydrogen) atoms. The summed E-state index contributed by atoms with van der Waals surface area (Å²) in [6.45, 7) is 7.07. The lowest BCUT2D eigenvalue weighted by molar-refractivity contribution is -0.138. The van der Waals surface area contributed by atoms with Crippen molar-refractivity contribution in [1.82, 2.24) is 24.9 Å². The van der Waals surface area contributed by atoms with E-state index in [4.69, 9.17) is 4.52 Å². The normalized spacial score (nSPS) is 20.9. The van der Waals surface area contributed by atoms with E-state index in [1.807, 2.05) is 23.6 Å². The van der Waals surface area contributed by atoms with Gasteiger partial charge in [-0.2, -0.15) is 4.98 Å². The maximum Gasteiger partial charge on any atom is 0.265 e. The third-order valence-corrected chi connectivity index (χ3v) is 6.92. The van der Waals surface area contributed by atoms with Gasteiger partial charge >= 0.3 is 0 Å². The fourth-order valence-corrected chi connectivity index (χ4v) is 5.27. The Kier molecular flexibility index (Phi) is 5.67. The maximum absolute atomic E-state index is 13.3. The summed E-state index contributed by atoms with van der Waals surface area (Å²) >= 11 is 1.43. The number of carbonyl (C=O) groups is 2. The summed E-state index contributed by atoms with van der Waals surface area (Å²) in [4.78, 5) is 39.6. The van der Waals surface area contributed by atoms with Crippen LogP contribution in [0.4, 0.5) is 0 Å². The van der Waals surface area contributed by atoms with Crippen LogP contribution in [-0.4, -0.2) is 56.4 Å². The first-order chi connectivity index (χ1) is 13.9. The van der Waals surface area contributed by atoms with Crippen LogP contribution in [0, 0.1) is 26.7 Å². The van der Waals surface area contributed by atoms with Gasteiger partial charge in [0.2, 0.25) is 11.8 Å². The molecule has 0 radical (unpaired) electrons. The van der Waals surface area contributed by atoms with Crippen LogP contribution in [0.3, 0.4) is 0 Å². The topological polar surface area (TPSA) is 92.4 Å². The quantitative estimate of drug-likeness (QED) is 0.762. The van der Waals surface area contributed by atoms with Gasteiger partial charge in [0.1, 0.15) is 10.9 Å². The molecule has 1 saturated heterocycles. The Balaban J connectivity index is 1.58. The van der Waals surface area contributed by atoms with Crippen LogP contribution in [0.1, 0.15) is 70.2 Å². The minimum absolute atomic E-state index is 0.0104. The molecule has 1 unspecified atom stereocenters. The molecule has 2 aromatic rings. The Morgan fingerprint density at radius 2 is 1.79 bits per heavy atom. The molecular formula is C20H27N5O3S. The van der Waals surface area contributed by atoms with Crippen molar-refractivity contribution in [3.63, 3.8) is 0 Å². The zero-order valence-electron chi connectivity index (χ0n) is 17.2. The van der Waals surface area contributed by atoms with Crippen LogP contribution >= 0.6 is 11.3 Å². The van der Waals surface area contributed by atoms with Crippen molar-refractivity contribution in [2.24, 2.45) is 5.92 Å². The van der Waals surface area contributed by atoms with Gasteiger partial charge in [-0.1, -0.05) is 18.0 Å². The van der Waals surface area contributed by atoms with Gasteiger partial charge < -0.3 is 14.3 Å². The highest BCUT2D eigenvalue weighted by Crippen LogP contribution is 2.33. The van der Waals surface area contributed by atoms with E-state index in [-0.39, 0.29) is 23.8 Å². The number of aryl methyl sites for hydroxylation is 3. The highest BCUT2D eigenvalue weighted by atomic mass is 32.1. The van der Waals surface area contributed by atoms with Crippen molar-refractivity contribution < 1.29 is 14.1 Å². The standard InChI is InChI=1S/C20H27N5O3S/c1-12-17(29-14(3)21-12)20(27)24-9-8-16(18-22-13(2)23-28-18)25(11-10-24)19(26)15-6-4-5-7-15/h15-16H,4-11H2,1-3H3. The van der Waals surface area contributed by atoms with Crippen molar-refractivity contribution in [3.05, 3.63) is 27.3 Å². The van der Waals surface area contributed by atoms with Crippen molar-refractivity contribution in [3.8, 4) is 0 Å². The molecule has 2 aromatic heterocycles. The van der Waals surface area contributed by atoms with E-state index in [0.29, 0.717) is 42.6 Å². The number of amides is 2. The SMILES string of the molecule is Cc1noc(C2CCN(C(=O)c3sc(C)nc3C)CCN2C(=O)C2CCCC2)n1. The first-order valence-corrected chi connectivity index (χ1v) is 11.1. The van der Waals surface area contributed by atoms with Gasteiger partial charge in [0.25, 0.3) is 5.91 Å². The van der Waals surface area contributed by atoms with Crippen LogP contribution in [0.5, 0.6) is 0 Å². The largest absolute Gasteiger partial charge is 0.337 e. The van der Waals surface area contributed by atoms with Gasteiger partial charge in [0.05, 0.1) is 10.7 Å². The predicted molar refractivity (Wildman–Crippen MR) is 108 cm³/mol. The Morgan fingerprint density at radius 3 is 2.41 bits per heavy atom. The van der Waals surface area contributed by atoms with Crippen molar-refractivity contribution in [2.45, 2.75) is 58.9 Å². The summed E-state index contributed by atoms with van der Waals surface area (Å²) in [7, 11) is 0. The zero-order valence-corrected chi connectivity index (χ0v) is 18.0. The molecule has 1 saturated carbocycles. The number of aromatic nitrogens is 3. The number of nitrogens with zero attached hydrogens (tertiary/aromatic N) is 5. The molecule has 4 rings (SSSR count). The van der Waals surface area contributed by atoms with Gasteiger partial charge in [0.15, 0.2) is 5.82 Å². The Morgan fingerprint density at radius 1 is 1.03 bits per heavy atom. The van der Waals surface area contributed by atoms with Crippen LogP contribution in [0.15, 0.2) is 4.52 Å². The number of thiazole rings is 1. The summed E-state index contributed by atoms with van der Waals surface area (Å²) in [6.07, 6.45) is 4.66. The molecule has 2 amide bonds. The van der Waals surface area contributed by atoms with E-state index < -0.39 is 0 Å². The number of hydrogen-bond acceptors (Lipinski definition) is 7. The van der Waals surface area contributed by atoms with E-state index in [2.05, 4.69) is 15.1 Å². The number of carbonyl (C=O) groups excluding carboxylic acids is 2. The zero-order chi connectivity index (χ0) is 20.5. The average Bonchev–Trinajstić information content (AvgIpc) is 3.40. The van der Waals surface area contributed by atoms with Gasteiger partial charge in [0, 0.05) is 25.6 Å². The molecule has 0 spiro atoms. The van der Waals surface area contributed by atoms with Gasteiger partial charge in [-0.15, -0.1) is 11.3 Å². The molecular weight excluding hydrogens is 390 g/mol. The molecule has 0 aromatic carbocycles. The second kappa shape index (κ2) is 8.22. The van der Waals surface area contributed by atoms with Crippen molar-refractivity contribution >= 4 is 23.2 Å². The third-order valence-electron chi connectivity index (χ3n) is 5.86.